The van der Waals surface area contributed by atoms with Crippen LogP contribution in [0, 0.1) is 0 Å². The van der Waals surface area contributed by atoms with Gasteiger partial charge in [0.05, 0.1) is 7.11 Å². The molecular weight excluding hydrogens is 112 g/mol. The third-order valence-electron chi connectivity index (χ3n) is 1.04. The minimum Gasteiger partial charge on any atom is -0.497 e. The van der Waals surface area contributed by atoms with E-state index in [0.717, 1.165) is 12.2 Å². The minimum absolute atomic E-state index is 0.928. The van der Waals surface area contributed by atoms with Crippen LogP contribution in [0.1, 0.15) is 20.3 Å². The Balaban J connectivity index is 3.70. The zero-order chi connectivity index (χ0) is 7.11. The predicted molar refractivity (Wildman–Crippen MR) is 40.2 cm³/mol. The average molecular weight is 126 g/mol. The molecule has 9 heavy (non-hydrogen) atoms. The van der Waals surface area contributed by atoms with Crippen LogP contribution in [0.4, 0.5) is 0 Å². The SMILES string of the molecule is C/C=C(/C=C/CC)OC. The normalized spacial score (nSPS) is 12.6. The fraction of sp³-hybridized carbons (Fsp3) is 0.500. The first kappa shape index (κ1) is 8.28. The van der Waals surface area contributed by atoms with Crippen LogP contribution in [0.2, 0.25) is 0 Å². The summed E-state index contributed by atoms with van der Waals surface area (Å²) in [4.78, 5) is 0. The van der Waals surface area contributed by atoms with Crippen LogP contribution in [0.25, 0.3) is 0 Å². The highest BCUT2D eigenvalue weighted by atomic mass is 16.5. The number of allylic oxidation sites excluding steroid dienone is 3. The van der Waals surface area contributed by atoms with E-state index in [9.17, 15) is 0 Å². The van der Waals surface area contributed by atoms with E-state index in [1.165, 1.54) is 0 Å². The molecule has 0 aromatic heterocycles. The van der Waals surface area contributed by atoms with Gasteiger partial charge in [0.25, 0.3) is 0 Å². The Bertz CT molecular complexity index is 112. The molecule has 0 aliphatic carbocycles. The van der Waals surface area contributed by atoms with E-state index in [0.29, 0.717) is 0 Å². The maximum Gasteiger partial charge on any atom is 0.114 e. The molecule has 0 aliphatic rings. The topological polar surface area (TPSA) is 9.23 Å². The first-order valence-corrected chi connectivity index (χ1v) is 3.22. The van der Waals surface area contributed by atoms with Gasteiger partial charge in [-0.15, -0.1) is 0 Å². The van der Waals surface area contributed by atoms with Gasteiger partial charge < -0.3 is 4.74 Å². The largest absolute Gasteiger partial charge is 0.497 e. The minimum atomic E-state index is 0.928. The van der Waals surface area contributed by atoms with E-state index < -0.39 is 0 Å². The summed E-state index contributed by atoms with van der Waals surface area (Å²) >= 11 is 0. The third-order valence-corrected chi connectivity index (χ3v) is 1.04. The second-order valence-corrected chi connectivity index (χ2v) is 1.71. The number of rotatable bonds is 3. The van der Waals surface area contributed by atoms with Crippen molar-refractivity contribution >= 4 is 0 Å². The van der Waals surface area contributed by atoms with Crippen molar-refractivity contribution in [2.24, 2.45) is 0 Å². The fourth-order valence-electron chi connectivity index (χ4n) is 0.516. The van der Waals surface area contributed by atoms with Crippen LogP contribution in [0.5, 0.6) is 0 Å². The summed E-state index contributed by atoms with van der Waals surface area (Å²) in [5.41, 5.74) is 0. The molecule has 0 bridgehead atoms. The van der Waals surface area contributed by atoms with E-state index in [4.69, 9.17) is 4.74 Å². The van der Waals surface area contributed by atoms with Gasteiger partial charge in [-0.05, 0) is 25.5 Å². The van der Waals surface area contributed by atoms with Gasteiger partial charge in [0, 0.05) is 0 Å². The number of hydrogen-bond donors (Lipinski definition) is 0. The van der Waals surface area contributed by atoms with Crippen molar-refractivity contribution in [3.63, 3.8) is 0 Å². The molecule has 0 heterocycles. The van der Waals surface area contributed by atoms with Gasteiger partial charge in [-0.3, -0.25) is 0 Å². The van der Waals surface area contributed by atoms with Crippen molar-refractivity contribution in [1.82, 2.24) is 0 Å². The van der Waals surface area contributed by atoms with Crippen molar-refractivity contribution in [3.05, 3.63) is 24.0 Å². The lowest BCUT2D eigenvalue weighted by Crippen LogP contribution is -1.78. The van der Waals surface area contributed by atoms with Crippen molar-refractivity contribution in [2.45, 2.75) is 20.3 Å². The van der Waals surface area contributed by atoms with E-state index >= 15 is 0 Å². The first-order chi connectivity index (χ1) is 4.35. The maximum absolute atomic E-state index is 4.98. The van der Waals surface area contributed by atoms with Crippen LogP contribution in [-0.4, -0.2) is 7.11 Å². The Hall–Kier alpha value is -0.720. The van der Waals surface area contributed by atoms with Crippen LogP contribution in [0.15, 0.2) is 24.0 Å². The van der Waals surface area contributed by atoms with Gasteiger partial charge in [0.1, 0.15) is 5.76 Å². The summed E-state index contributed by atoms with van der Waals surface area (Å²) in [6, 6.07) is 0. The summed E-state index contributed by atoms with van der Waals surface area (Å²) in [6.07, 6.45) is 7.03. The zero-order valence-electron chi connectivity index (χ0n) is 6.35. The molecule has 0 aliphatic heterocycles. The van der Waals surface area contributed by atoms with Gasteiger partial charge in [0.15, 0.2) is 0 Å². The molecule has 0 N–H and O–H groups in total. The first-order valence-electron chi connectivity index (χ1n) is 3.22. The third kappa shape index (κ3) is 3.83. The lowest BCUT2D eigenvalue weighted by molar-refractivity contribution is 0.306. The lowest BCUT2D eigenvalue weighted by Gasteiger charge is -1.95. The molecule has 0 rings (SSSR count). The molecule has 52 valence electrons. The molecule has 0 atom stereocenters. The number of ether oxygens (including phenoxy) is 1. The average Bonchev–Trinajstić information content (AvgIpc) is 1.91. The van der Waals surface area contributed by atoms with Gasteiger partial charge in [-0.1, -0.05) is 13.0 Å². The van der Waals surface area contributed by atoms with Crippen molar-refractivity contribution in [1.29, 1.82) is 0 Å². The molecule has 0 saturated heterocycles. The smallest absolute Gasteiger partial charge is 0.114 e. The highest BCUT2D eigenvalue weighted by molar-refractivity contribution is 5.10. The van der Waals surface area contributed by atoms with Gasteiger partial charge in [-0.2, -0.15) is 0 Å². The Labute approximate surface area is 57.0 Å². The Morgan fingerprint density at radius 3 is 2.56 bits per heavy atom. The zero-order valence-corrected chi connectivity index (χ0v) is 6.35. The number of hydrogen-bond acceptors (Lipinski definition) is 1. The maximum atomic E-state index is 4.98. The Kier molecular flexibility index (Phi) is 4.98. The van der Waals surface area contributed by atoms with Gasteiger partial charge in [0.2, 0.25) is 0 Å². The van der Waals surface area contributed by atoms with Crippen molar-refractivity contribution in [2.75, 3.05) is 7.11 Å². The Morgan fingerprint density at radius 1 is 1.56 bits per heavy atom. The van der Waals surface area contributed by atoms with Crippen LogP contribution in [-0.2, 0) is 4.74 Å². The van der Waals surface area contributed by atoms with Crippen LogP contribution in [0.3, 0.4) is 0 Å². The van der Waals surface area contributed by atoms with E-state index in [2.05, 4.69) is 13.0 Å². The Morgan fingerprint density at radius 2 is 2.22 bits per heavy atom. The molecular formula is C8H14O. The van der Waals surface area contributed by atoms with E-state index in [-0.39, 0.29) is 0 Å². The molecule has 1 heteroatoms. The molecule has 0 saturated carbocycles. The molecule has 0 fully saturated rings. The summed E-state index contributed by atoms with van der Waals surface area (Å²) in [7, 11) is 1.68. The molecule has 0 unspecified atom stereocenters. The quantitative estimate of drug-likeness (QED) is 0.417. The van der Waals surface area contributed by atoms with Crippen molar-refractivity contribution in [3.8, 4) is 0 Å². The molecule has 0 radical (unpaired) electrons. The standard InChI is InChI=1S/C8H14O/c1-4-6-7-8(5-2)9-3/h5-7H,4H2,1-3H3/b7-6+,8-5-. The van der Waals surface area contributed by atoms with E-state index in [1.807, 2.05) is 19.1 Å². The number of methoxy groups -OCH3 is 1. The van der Waals surface area contributed by atoms with Gasteiger partial charge in [-0.25, -0.2) is 0 Å². The predicted octanol–water partition coefficient (Wildman–Crippen LogP) is 2.50. The lowest BCUT2D eigenvalue weighted by atomic mass is 10.3. The van der Waals surface area contributed by atoms with Crippen LogP contribution < -0.4 is 0 Å². The molecule has 0 aromatic rings. The van der Waals surface area contributed by atoms with Crippen molar-refractivity contribution < 1.29 is 4.74 Å². The second-order valence-electron chi connectivity index (χ2n) is 1.71. The van der Waals surface area contributed by atoms with Gasteiger partial charge >= 0.3 is 0 Å². The second kappa shape index (κ2) is 5.42. The molecule has 1 nitrogen and oxygen atoms in total. The molecule has 0 aromatic carbocycles. The van der Waals surface area contributed by atoms with E-state index in [1.54, 1.807) is 7.11 Å². The monoisotopic (exact) mass is 126 g/mol. The molecule has 0 amide bonds. The molecule has 0 spiro atoms. The highest BCUT2D eigenvalue weighted by Gasteiger charge is 1.81. The highest BCUT2D eigenvalue weighted by Crippen LogP contribution is 1.96. The summed E-state index contributed by atoms with van der Waals surface area (Å²) < 4.78 is 4.98. The summed E-state index contributed by atoms with van der Waals surface area (Å²) in [6.45, 7) is 4.05. The fourth-order valence-corrected chi connectivity index (χ4v) is 0.516. The summed E-state index contributed by atoms with van der Waals surface area (Å²) in [5, 5.41) is 0. The summed E-state index contributed by atoms with van der Waals surface area (Å²) in [5.74, 6) is 0.928. The van der Waals surface area contributed by atoms with Crippen LogP contribution >= 0.6 is 0 Å².